The van der Waals surface area contributed by atoms with Crippen LogP contribution in [0.15, 0.2) is 36.4 Å². The van der Waals surface area contributed by atoms with Gasteiger partial charge in [0.1, 0.15) is 5.75 Å². The van der Waals surface area contributed by atoms with E-state index in [4.69, 9.17) is 14.2 Å². The molecule has 0 atom stereocenters. The number of carbonyl (C=O) groups is 1. The highest BCUT2D eigenvalue weighted by Gasteiger charge is 2.16. The van der Waals surface area contributed by atoms with Gasteiger partial charge in [0.25, 0.3) is 11.6 Å². The minimum atomic E-state index is -0.528. The van der Waals surface area contributed by atoms with E-state index in [1.54, 1.807) is 18.2 Å². The van der Waals surface area contributed by atoms with Crippen molar-refractivity contribution in [3.8, 4) is 17.2 Å². The molecule has 0 aromatic heterocycles. The third kappa shape index (κ3) is 5.35. The molecule has 150 valence electrons. The van der Waals surface area contributed by atoms with Crippen LogP contribution >= 0.6 is 0 Å². The Kier molecular flexibility index (Phi) is 7.62. The van der Waals surface area contributed by atoms with Crippen LogP contribution < -0.4 is 19.5 Å². The van der Waals surface area contributed by atoms with Gasteiger partial charge < -0.3 is 19.5 Å². The van der Waals surface area contributed by atoms with Crippen LogP contribution in [0.5, 0.6) is 17.2 Å². The van der Waals surface area contributed by atoms with Crippen LogP contribution in [0, 0.1) is 10.1 Å². The van der Waals surface area contributed by atoms with E-state index in [9.17, 15) is 14.9 Å². The number of carbonyl (C=O) groups excluding carboxylic acids is 1. The SMILES string of the molecule is CCCCOc1ccc(C(=O)Nc2ccc([N+](=O)[O-])cc2OC)cc1OCC. The molecule has 0 radical (unpaired) electrons. The number of ether oxygens (including phenoxy) is 3. The fourth-order valence-electron chi connectivity index (χ4n) is 2.45. The summed E-state index contributed by atoms with van der Waals surface area (Å²) in [7, 11) is 1.38. The van der Waals surface area contributed by atoms with Crippen LogP contribution in [0.3, 0.4) is 0 Å². The number of anilines is 1. The molecule has 0 saturated carbocycles. The number of unbranched alkanes of at least 4 members (excludes halogenated alkanes) is 1. The zero-order valence-electron chi connectivity index (χ0n) is 16.2. The highest BCUT2D eigenvalue weighted by molar-refractivity contribution is 6.05. The Labute approximate surface area is 163 Å². The molecule has 2 aromatic carbocycles. The first-order chi connectivity index (χ1) is 13.5. The van der Waals surface area contributed by atoms with E-state index in [2.05, 4.69) is 12.2 Å². The third-order valence-corrected chi connectivity index (χ3v) is 3.91. The van der Waals surface area contributed by atoms with E-state index in [1.165, 1.54) is 25.3 Å². The number of benzene rings is 2. The normalized spacial score (nSPS) is 10.2. The molecule has 0 aliphatic rings. The summed E-state index contributed by atoms with van der Waals surface area (Å²) in [5, 5.41) is 13.6. The van der Waals surface area contributed by atoms with Gasteiger partial charge in [-0.15, -0.1) is 0 Å². The molecule has 0 aliphatic carbocycles. The highest BCUT2D eigenvalue weighted by atomic mass is 16.6. The van der Waals surface area contributed by atoms with Gasteiger partial charge in [0, 0.05) is 11.6 Å². The number of amides is 1. The molecule has 8 nitrogen and oxygen atoms in total. The van der Waals surface area contributed by atoms with Gasteiger partial charge in [-0.25, -0.2) is 0 Å². The fraction of sp³-hybridized carbons (Fsp3) is 0.350. The lowest BCUT2D eigenvalue weighted by Crippen LogP contribution is -2.13. The first-order valence-corrected chi connectivity index (χ1v) is 9.03. The molecule has 0 saturated heterocycles. The summed E-state index contributed by atoms with van der Waals surface area (Å²) in [4.78, 5) is 23.0. The topological polar surface area (TPSA) is 99.9 Å². The summed E-state index contributed by atoms with van der Waals surface area (Å²) in [6.07, 6.45) is 1.94. The van der Waals surface area contributed by atoms with Crippen molar-refractivity contribution in [3.63, 3.8) is 0 Å². The smallest absolute Gasteiger partial charge is 0.273 e. The fourth-order valence-corrected chi connectivity index (χ4v) is 2.45. The number of nitro benzene ring substituents is 1. The van der Waals surface area contributed by atoms with Crippen molar-refractivity contribution in [2.45, 2.75) is 26.7 Å². The Hall–Kier alpha value is -3.29. The van der Waals surface area contributed by atoms with Crippen LogP contribution in [0.1, 0.15) is 37.0 Å². The molecular formula is C20H24N2O6. The van der Waals surface area contributed by atoms with Gasteiger partial charge in [-0.05, 0) is 37.6 Å². The molecule has 0 unspecified atom stereocenters. The van der Waals surface area contributed by atoms with E-state index in [0.717, 1.165) is 12.8 Å². The van der Waals surface area contributed by atoms with Gasteiger partial charge in [0.15, 0.2) is 11.5 Å². The zero-order valence-corrected chi connectivity index (χ0v) is 16.2. The van der Waals surface area contributed by atoms with Gasteiger partial charge in [0.05, 0.1) is 37.0 Å². The van der Waals surface area contributed by atoms with Crippen LogP contribution in [-0.2, 0) is 0 Å². The molecule has 2 rings (SSSR count). The van der Waals surface area contributed by atoms with Crippen LogP contribution in [0.25, 0.3) is 0 Å². The Morgan fingerprint density at radius 3 is 2.50 bits per heavy atom. The van der Waals surface area contributed by atoms with Crippen molar-refractivity contribution < 1.29 is 23.9 Å². The molecule has 0 heterocycles. The number of non-ortho nitro benzene ring substituents is 1. The van der Waals surface area contributed by atoms with E-state index in [-0.39, 0.29) is 11.4 Å². The lowest BCUT2D eigenvalue weighted by molar-refractivity contribution is -0.384. The zero-order chi connectivity index (χ0) is 20.5. The summed E-state index contributed by atoms with van der Waals surface area (Å²) in [6, 6.07) is 8.93. The number of methoxy groups -OCH3 is 1. The van der Waals surface area contributed by atoms with Crippen molar-refractivity contribution in [2.75, 3.05) is 25.6 Å². The first kappa shape index (κ1) is 21.0. The van der Waals surface area contributed by atoms with Gasteiger partial charge in [-0.3, -0.25) is 14.9 Å². The molecule has 0 spiro atoms. The number of rotatable bonds is 10. The quantitative estimate of drug-likeness (QED) is 0.367. The third-order valence-electron chi connectivity index (χ3n) is 3.91. The Morgan fingerprint density at radius 1 is 1.07 bits per heavy atom. The van der Waals surface area contributed by atoms with Gasteiger partial charge in [-0.1, -0.05) is 13.3 Å². The van der Waals surface area contributed by atoms with E-state index >= 15 is 0 Å². The second-order valence-corrected chi connectivity index (χ2v) is 5.89. The lowest BCUT2D eigenvalue weighted by atomic mass is 10.1. The standard InChI is InChI=1S/C20H24N2O6/c1-4-6-11-28-17-10-7-14(12-19(17)27-5-2)20(23)21-16-9-8-15(22(24)25)13-18(16)26-3/h7-10,12-13H,4-6,11H2,1-3H3,(H,21,23). The Balaban J connectivity index is 2.21. The monoisotopic (exact) mass is 388 g/mol. The van der Waals surface area contributed by atoms with Crippen molar-refractivity contribution in [1.82, 2.24) is 0 Å². The number of hydrogen-bond acceptors (Lipinski definition) is 6. The number of hydrogen-bond donors (Lipinski definition) is 1. The lowest BCUT2D eigenvalue weighted by Gasteiger charge is -2.14. The minimum absolute atomic E-state index is 0.123. The van der Waals surface area contributed by atoms with Crippen molar-refractivity contribution in [1.29, 1.82) is 0 Å². The number of nitro groups is 1. The van der Waals surface area contributed by atoms with Crippen molar-refractivity contribution in [2.24, 2.45) is 0 Å². The minimum Gasteiger partial charge on any atom is -0.494 e. The van der Waals surface area contributed by atoms with Crippen molar-refractivity contribution in [3.05, 3.63) is 52.1 Å². The first-order valence-electron chi connectivity index (χ1n) is 9.03. The summed E-state index contributed by atoms with van der Waals surface area (Å²) < 4.78 is 16.5. The second-order valence-electron chi connectivity index (χ2n) is 5.89. The van der Waals surface area contributed by atoms with Gasteiger partial charge in [-0.2, -0.15) is 0 Å². The molecular weight excluding hydrogens is 364 g/mol. The number of nitrogens with one attached hydrogen (secondary N) is 1. The summed E-state index contributed by atoms with van der Waals surface area (Å²) in [6.45, 7) is 4.94. The predicted octanol–water partition coefficient (Wildman–Crippen LogP) is 4.43. The van der Waals surface area contributed by atoms with E-state index in [0.29, 0.717) is 36.0 Å². The van der Waals surface area contributed by atoms with Crippen molar-refractivity contribution >= 4 is 17.3 Å². The Morgan fingerprint density at radius 2 is 1.86 bits per heavy atom. The molecule has 0 aliphatic heterocycles. The highest BCUT2D eigenvalue weighted by Crippen LogP contribution is 2.31. The van der Waals surface area contributed by atoms with Gasteiger partial charge in [0.2, 0.25) is 0 Å². The maximum Gasteiger partial charge on any atom is 0.273 e. The molecule has 0 bridgehead atoms. The Bertz CT molecular complexity index is 837. The summed E-state index contributed by atoms with van der Waals surface area (Å²) in [5.74, 6) is 0.877. The molecule has 0 fully saturated rings. The van der Waals surface area contributed by atoms with Gasteiger partial charge >= 0.3 is 0 Å². The van der Waals surface area contributed by atoms with E-state index < -0.39 is 10.8 Å². The predicted molar refractivity (Wildman–Crippen MR) is 106 cm³/mol. The number of nitrogens with zero attached hydrogens (tertiary/aromatic N) is 1. The van der Waals surface area contributed by atoms with Crippen LogP contribution in [0.2, 0.25) is 0 Å². The molecule has 8 heteroatoms. The van der Waals surface area contributed by atoms with Crippen LogP contribution in [-0.4, -0.2) is 31.2 Å². The molecule has 28 heavy (non-hydrogen) atoms. The average molecular weight is 388 g/mol. The maximum absolute atomic E-state index is 12.6. The molecule has 1 N–H and O–H groups in total. The maximum atomic E-state index is 12.6. The van der Waals surface area contributed by atoms with E-state index in [1.807, 2.05) is 6.92 Å². The molecule has 1 amide bonds. The molecule has 2 aromatic rings. The van der Waals surface area contributed by atoms with Crippen LogP contribution in [0.4, 0.5) is 11.4 Å². The summed E-state index contributed by atoms with van der Waals surface area (Å²) in [5.41, 5.74) is 0.577. The second kappa shape index (κ2) is 10.1. The average Bonchev–Trinajstić information content (AvgIpc) is 2.69. The summed E-state index contributed by atoms with van der Waals surface area (Å²) >= 11 is 0. The largest absolute Gasteiger partial charge is 0.494 e.